The maximum atomic E-state index is 2.37. The van der Waals surface area contributed by atoms with E-state index in [4.69, 9.17) is 0 Å². The molecule has 0 heteroatoms. The summed E-state index contributed by atoms with van der Waals surface area (Å²) in [5, 5.41) is 0. The maximum absolute atomic E-state index is 2.37. The second-order valence-corrected chi connectivity index (χ2v) is 5.64. The summed E-state index contributed by atoms with van der Waals surface area (Å²) in [5.41, 5.74) is 0. The molecule has 0 nitrogen and oxygen atoms in total. The zero-order valence-electron chi connectivity index (χ0n) is 13.4. The lowest BCUT2D eigenvalue weighted by molar-refractivity contribution is 0.690. The first kappa shape index (κ1) is 18.2. The lowest BCUT2D eigenvalue weighted by Gasteiger charge is -1.97. The SMILES string of the molecule is C/C=C/CCCC/C=C/CCCCC/C=C/C(C)C. The van der Waals surface area contributed by atoms with Gasteiger partial charge in [0.05, 0.1) is 0 Å². The van der Waals surface area contributed by atoms with Crippen LogP contribution in [0.25, 0.3) is 0 Å². The van der Waals surface area contributed by atoms with Gasteiger partial charge in [-0.25, -0.2) is 0 Å². The fourth-order valence-corrected chi connectivity index (χ4v) is 2.00. The average molecular weight is 262 g/mol. The summed E-state index contributed by atoms with van der Waals surface area (Å²) < 4.78 is 0. The Kier molecular flexibility index (Phi) is 14.7. The fourth-order valence-electron chi connectivity index (χ4n) is 2.00. The molecule has 0 bridgehead atoms. The van der Waals surface area contributed by atoms with Crippen LogP contribution >= 0.6 is 0 Å². The molecule has 0 N–H and O–H groups in total. The highest BCUT2D eigenvalue weighted by molar-refractivity contribution is 4.85. The highest BCUT2D eigenvalue weighted by Gasteiger charge is 1.88. The zero-order valence-corrected chi connectivity index (χ0v) is 13.4. The molecule has 0 aliphatic carbocycles. The Morgan fingerprint density at radius 3 is 1.63 bits per heavy atom. The molecule has 0 fully saturated rings. The summed E-state index contributed by atoms with van der Waals surface area (Å²) in [7, 11) is 0. The van der Waals surface area contributed by atoms with Crippen molar-refractivity contribution in [3.05, 3.63) is 36.5 Å². The van der Waals surface area contributed by atoms with Crippen molar-refractivity contribution < 1.29 is 0 Å². The molecule has 0 amide bonds. The van der Waals surface area contributed by atoms with Gasteiger partial charge in [-0.2, -0.15) is 0 Å². The molecular weight excluding hydrogens is 228 g/mol. The van der Waals surface area contributed by atoms with E-state index in [9.17, 15) is 0 Å². The largest absolute Gasteiger partial charge is 0.0917 e. The number of unbranched alkanes of at least 4 members (excludes halogenated alkanes) is 7. The molecule has 0 aromatic heterocycles. The van der Waals surface area contributed by atoms with Crippen LogP contribution in [0.2, 0.25) is 0 Å². The third kappa shape index (κ3) is 17.2. The first-order chi connectivity index (χ1) is 9.27. The molecule has 0 radical (unpaired) electrons. The molecule has 0 aliphatic rings. The molecule has 0 rings (SSSR count). The molecule has 110 valence electrons. The normalized spacial score (nSPS) is 12.6. The van der Waals surface area contributed by atoms with E-state index < -0.39 is 0 Å². The van der Waals surface area contributed by atoms with Crippen LogP contribution < -0.4 is 0 Å². The van der Waals surface area contributed by atoms with E-state index in [1.165, 1.54) is 57.8 Å². The second-order valence-electron chi connectivity index (χ2n) is 5.64. The predicted octanol–water partition coefficient (Wildman–Crippen LogP) is 6.84. The fraction of sp³-hybridized carbons (Fsp3) is 0.684. The summed E-state index contributed by atoms with van der Waals surface area (Å²) in [6.07, 6.45) is 25.6. The standard InChI is InChI=1S/C19H34/c1-4-5-6-7-8-9-10-11-12-13-14-15-16-17-18-19(2)3/h4-5,10-11,17-19H,6-9,12-16H2,1-3H3/b5-4+,11-10+,18-17+. The Morgan fingerprint density at radius 2 is 1.11 bits per heavy atom. The van der Waals surface area contributed by atoms with E-state index in [0.29, 0.717) is 5.92 Å². The van der Waals surface area contributed by atoms with Gasteiger partial charge in [-0.05, 0) is 64.2 Å². The second kappa shape index (κ2) is 15.3. The Labute approximate surface area is 121 Å². The summed E-state index contributed by atoms with van der Waals surface area (Å²) >= 11 is 0. The highest BCUT2D eigenvalue weighted by atomic mass is 13.9. The zero-order chi connectivity index (χ0) is 14.2. The van der Waals surface area contributed by atoms with Gasteiger partial charge >= 0.3 is 0 Å². The topological polar surface area (TPSA) is 0 Å². The molecule has 0 spiro atoms. The van der Waals surface area contributed by atoms with Crippen LogP contribution in [0.4, 0.5) is 0 Å². The van der Waals surface area contributed by atoms with E-state index in [0.717, 1.165) is 0 Å². The van der Waals surface area contributed by atoms with Gasteiger partial charge in [-0.15, -0.1) is 0 Å². The van der Waals surface area contributed by atoms with Crippen molar-refractivity contribution in [2.24, 2.45) is 5.92 Å². The van der Waals surface area contributed by atoms with Gasteiger partial charge in [0.15, 0.2) is 0 Å². The summed E-state index contributed by atoms with van der Waals surface area (Å²) in [4.78, 5) is 0. The minimum atomic E-state index is 0.704. The molecule has 0 unspecified atom stereocenters. The molecule has 0 saturated heterocycles. The minimum Gasteiger partial charge on any atom is -0.0917 e. The predicted molar refractivity (Wildman–Crippen MR) is 89.5 cm³/mol. The molecule has 0 atom stereocenters. The van der Waals surface area contributed by atoms with E-state index >= 15 is 0 Å². The summed E-state index contributed by atoms with van der Waals surface area (Å²) in [5.74, 6) is 0.704. The van der Waals surface area contributed by atoms with Gasteiger partial charge in [-0.1, -0.05) is 56.7 Å². The maximum Gasteiger partial charge on any atom is -0.0290 e. The van der Waals surface area contributed by atoms with Crippen LogP contribution in [0.5, 0.6) is 0 Å². The molecule has 0 saturated carbocycles. The van der Waals surface area contributed by atoms with Crippen LogP contribution in [0.15, 0.2) is 36.5 Å². The van der Waals surface area contributed by atoms with Gasteiger partial charge in [0.1, 0.15) is 0 Å². The van der Waals surface area contributed by atoms with Crippen molar-refractivity contribution in [3.63, 3.8) is 0 Å². The number of rotatable bonds is 12. The number of allylic oxidation sites excluding steroid dienone is 6. The molecular formula is C19H34. The van der Waals surface area contributed by atoms with Gasteiger partial charge in [-0.3, -0.25) is 0 Å². The average Bonchev–Trinajstić information content (AvgIpc) is 2.39. The van der Waals surface area contributed by atoms with Crippen molar-refractivity contribution in [3.8, 4) is 0 Å². The van der Waals surface area contributed by atoms with Crippen LogP contribution in [0.1, 0.15) is 78.6 Å². The number of hydrogen-bond donors (Lipinski definition) is 0. The quantitative estimate of drug-likeness (QED) is 0.267. The molecule has 0 heterocycles. The summed E-state index contributed by atoms with van der Waals surface area (Å²) in [6, 6.07) is 0. The van der Waals surface area contributed by atoms with E-state index in [2.05, 4.69) is 57.2 Å². The van der Waals surface area contributed by atoms with Crippen molar-refractivity contribution >= 4 is 0 Å². The Hall–Kier alpha value is -0.780. The van der Waals surface area contributed by atoms with Crippen molar-refractivity contribution in [2.75, 3.05) is 0 Å². The van der Waals surface area contributed by atoms with Crippen LogP contribution in [0.3, 0.4) is 0 Å². The van der Waals surface area contributed by atoms with Gasteiger partial charge in [0, 0.05) is 0 Å². The lowest BCUT2D eigenvalue weighted by Crippen LogP contribution is -1.79. The van der Waals surface area contributed by atoms with Gasteiger partial charge in [0.2, 0.25) is 0 Å². The van der Waals surface area contributed by atoms with Crippen molar-refractivity contribution in [1.29, 1.82) is 0 Å². The van der Waals surface area contributed by atoms with Crippen molar-refractivity contribution in [2.45, 2.75) is 78.6 Å². The van der Waals surface area contributed by atoms with E-state index in [1.54, 1.807) is 0 Å². The first-order valence-corrected chi connectivity index (χ1v) is 8.20. The van der Waals surface area contributed by atoms with Crippen LogP contribution in [-0.2, 0) is 0 Å². The van der Waals surface area contributed by atoms with Crippen LogP contribution in [0, 0.1) is 5.92 Å². The van der Waals surface area contributed by atoms with E-state index in [1.807, 2.05) is 0 Å². The minimum absolute atomic E-state index is 0.704. The smallest absolute Gasteiger partial charge is 0.0290 e. The Balaban J connectivity index is 3.17. The molecule has 19 heavy (non-hydrogen) atoms. The Bertz CT molecular complexity index is 243. The highest BCUT2D eigenvalue weighted by Crippen LogP contribution is 2.07. The van der Waals surface area contributed by atoms with Crippen LogP contribution in [-0.4, -0.2) is 0 Å². The van der Waals surface area contributed by atoms with E-state index in [-0.39, 0.29) is 0 Å². The Morgan fingerprint density at radius 1 is 0.632 bits per heavy atom. The third-order valence-electron chi connectivity index (χ3n) is 3.16. The number of hydrogen-bond acceptors (Lipinski definition) is 0. The first-order valence-electron chi connectivity index (χ1n) is 8.20. The summed E-state index contributed by atoms with van der Waals surface area (Å²) in [6.45, 7) is 6.57. The lowest BCUT2D eigenvalue weighted by atomic mass is 10.1. The monoisotopic (exact) mass is 262 g/mol. The van der Waals surface area contributed by atoms with Gasteiger partial charge < -0.3 is 0 Å². The van der Waals surface area contributed by atoms with Crippen molar-refractivity contribution in [1.82, 2.24) is 0 Å². The third-order valence-corrected chi connectivity index (χ3v) is 3.16. The molecule has 0 aromatic carbocycles. The molecule has 0 aromatic rings. The van der Waals surface area contributed by atoms with Gasteiger partial charge in [0.25, 0.3) is 0 Å². The molecule has 0 aliphatic heterocycles.